The fourth-order valence-corrected chi connectivity index (χ4v) is 4.85. The van der Waals surface area contributed by atoms with Gasteiger partial charge in [0.2, 0.25) is 11.8 Å². The van der Waals surface area contributed by atoms with Crippen molar-refractivity contribution in [1.29, 1.82) is 0 Å². The van der Waals surface area contributed by atoms with E-state index in [0.29, 0.717) is 19.5 Å². The first-order chi connectivity index (χ1) is 19.2. The normalized spacial score (nSPS) is 11.9. The van der Waals surface area contributed by atoms with Gasteiger partial charge in [-0.15, -0.1) is 0 Å². The number of imidazole rings is 1. The van der Waals surface area contributed by atoms with Gasteiger partial charge in [-0.05, 0) is 32.4 Å². The van der Waals surface area contributed by atoms with Crippen molar-refractivity contribution in [3.8, 4) is 0 Å². The molecule has 8 heteroatoms. The lowest BCUT2D eigenvalue weighted by molar-refractivity contribution is -0.128. The van der Waals surface area contributed by atoms with E-state index in [4.69, 9.17) is 5.73 Å². The van der Waals surface area contributed by atoms with Gasteiger partial charge in [0, 0.05) is 24.9 Å². The van der Waals surface area contributed by atoms with Gasteiger partial charge in [-0.3, -0.25) is 9.59 Å². The van der Waals surface area contributed by atoms with E-state index in [0.717, 1.165) is 37.9 Å². The monoisotopic (exact) mass is 548 g/mol. The zero-order valence-corrected chi connectivity index (χ0v) is 25.0. The lowest BCUT2D eigenvalue weighted by atomic mass is 10.0. The van der Waals surface area contributed by atoms with E-state index in [-0.39, 0.29) is 18.4 Å². The molecule has 0 aliphatic heterocycles. The molecule has 0 unspecified atom stereocenters. The molecule has 0 fully saturated rings. The van der Waals surface area contributed by atoms with Gasteiger partial charge < -0.3 is 26.7 Å². The second-order valence-corrected chi connectivity index (χ2v) is 11.0. The molecule has 1 atom stereocenters. The maximum Gasteiger partial charge on any atom is 0.242 e. The van der Waals surface area contributed by atoms with E-state index in [1.54, 1.807) is 12.5 Å². The smallest absolute Gasteiger partial charge is 0.242 e. The Morgan fingerprint density at radius 2 is 1.33 bits per heavy atom. The molecule has 6 N–H and O–H groups in total. The van der Waals surface area contributed by atoms with Crippen LogP contribution in [-0.2, 0) is 16.0 Å². The summed E-state index contributed by atoms with van der Waals surface area (Å²) in [6.07, 6.45) is 28.1. The van der Waals surface area contributed by atoms with E-state index >= 15 is 0 Å². The van der Waals surface area contributed by atoms with Crippen LogP contribution in [0.1, 0.15) is 135 Å². The molecule has 226 valence electrons. The average Bonchev–Trinajstić information content (AvgIpc) is 3.45. The highest BCUT2D eigenvalue weighted by Gasteiger charge is 2.21. The van der Waals surface area contributed by atoms with Crippen LogP contribution >= 0.6 is 0 Å². The Labute approximate surface area is 238 Å². The second-order valence-electron chi connectivity index (χ2n) is 11.0. The molecule has 0 saturated heterocycles. The van der Waals surface area contributed by atoms with Crippen molar-refractivity contribution in [1.82, 2.24) is 25.9 Å². The molecule has 0 saturated carbocycles. The largest absolute Gasteiger partial charge is 0.354 e. The van der Waals surface area contributed by atoms with Crippen molar-refractivity contribution in [3.63, 3.8) is 0 Å². The topological polar surface area (TPSA) is 125 Å². The highest BCUT2D eigenvalue weighted by molar-refractivity contribution is 5.88. The molecule has 1 rings (SSSR count). The number of aromatic amines is 1. The maximum atomic E-state index is 12.7. The Morgan fingerprint density at radius 1 is 0.795 bits per heavy atom. The molecule has 0 radical (unpaired) electrons. The van der Waals surface area contributed by atoms with Gasteiger partial charge in [-0.25, -0.2) is 4.98 Å². The molecule has 39 heavy (non-hydrogen) atoms. The van der Waals surface area contributed by atoms with Crippen molar-refractivity contribution in [2.24, 2.45) is 5.73 Å². The zero-order chi connectivity index (χ0) is 28.2. The SMILES string of the molecule is CCCCCCCCCCCCCCCCCCNCC(=O)N[C@@H](Cc1cnc[nH]1)C(=O)NCCCCCN. The Bertz CT molecular complexity index is 683. The fraction of sp³-hybridized carbons (Fsp3) is 0.839. The third kappa shape index (κ3) is 21.6. The minimum absolute atomic E-state index is 0.158. The summed E-state index contributed by atoms with van der Waals surface area (Å²) in [5.41, 5.74) is 6.34. The summed E-state index contributed by atoms with van der Waals surface area (Å²) in [5, 5.41) is 9.05. The van der Waals surface area contributed by atoms with Crippen LogP contribution in [0.25, 0.3) is 0 Å². The van der Waals surface area contributed by atoms with E-state index in [9.17, 15) is 9.59 Å². The van der Waals surface area contributed by atoms with Gasteiger partial charge >= 0.3 is 0 Å². The van der Waals surface area contributed by atoms with Gasteiger partial charge in [-0.2, -0.15) is 0 Å². The van der Waals surface area contributed by atoms with Crippen molar-refractivity contribution < 1.29 is 9.59 Å². The number of carbonyl (C=O) groups is 2. The first-order valence-electron chi connectivity index (χ1n) is 16.1. The van der Waals surface area contributed by atoms with E-state index < -0.39 is 6.04 Å². The van der Waals surface area contributed by atoms with E-state index in [1.807, 2.05) is 0 Å². The first kappa shape index (κ1) is 35.1. The van der Waals surface area contributed by atoms with Gasteiger partial charge in [0.1, 0.15) is 6.04 Å². The summed E-state index contributed by atoms with van der Waals surface area (Å²) in [6.45, 7) is 4.58. The van der Waals surface area contributed by atoms with E-state index in [1.165, 1.54) is 96.3 Å². The number of nitrogens with two attached hydrogens (primary N) is 1. The molecule has 0 aliphatic rings. The summed E-state index contributed by atoms with van der Waals surface area (Å²) < 4.78 is 0. The second kappa shape index (κ2) is 26.3. The molecule has 0 aliphatic carbocycles. The summed E-state index contributed by atoms with van der Waals surface area (Å²) in [4.78, 5) is 32.2. The Balaban J connectivity index is 2.02. The lowest BCUT2D eigenvalue weighted by Crippen LogP contribution is -2.50. The standard InChI is InChI=1S/C31H60N6O2/c1-2-3-4-5-6-7-8-9-10-11-12-13-14-15-16-19-22-33-26-30(38)37-29(24-28-25-34-27-36-28)31(39)35-23-20-17-18-21-32/h25,27,29,33H,2-24,26,32H2,1H3,(H,34,36)(H,35,39)(H,37,38)/t29-/m0/s1. The first-order valence-corrected chi connectivity index (χ1v) is 16.1. The summed E-state index contributed by atoms with van der Waals surface area (Å²) >= 11 is 0. The van der Waals surface area contributed by atoms with Crippen LogP contribution in [0.4, 0.5) is 0 Å². The number of carbonyl (C=O) groups excluding carboxylic acids is 2. The predicted octanol–water partition coefficient (Wildman–Crippen LogP) is 5.53. The number of H-pyrrole nitrogens is 1. The molecule has 1 aromatic rings. The third-order valence-electron chi connectivity index (χ3n) is 7.30. The molecule has 0 aromatic carbocycles. The zero-order valence-electron chi connectivity index (χ0n) is 25.0. The predicted molar refractivity (Wildman–Crippen MR) is 163 cm³/mol. The molecular formula is C31H60N6O2. The molecule has 1 heterocycles. The molecule has 2 amide bonds. The maximum absolute atomic E-state index is 12.7. The van der Waals surface area contributed by atoms with Gasteiger partial charge in [0.05, 0.1) is 12.9 Å². The third-order valence-corrected chi connectivity index (χ3v) is 7.30. The highest BCUT2D eigenvalue weighted by atomic mass is 16.2. The summed E-state index contributed by atoms with van der Waals surface area (Å²) in [7, 11) is 0. The van der Waals surface area contributed by atoms with Crippen LogP contribution in [0.5, 0.6) is 0 Å². The Hall–Kier alpha value is -1.93. The van der Waals surface area contributed by atoms with Crippen molar-refractivity contribution in [2.45, 2.75) is 141 Å². The Morgan fingerprint density at radius 3 is 1.87 bits per heavy atom. The molecule has 1 aromatic heterocycles. The molecular weight excluding hydrogens is 488 g/mol. The highest BCUT2D eigenvalue weighted by Crippen LogP contribution is 2.13. The van der Waals surface area contributed by atoms with Crippen LogP contribution in [0.15, 0.2) is 12.5 Å². The number of hydrogen-bond acceptors (Lipinski definition) is 5. The summed E-state index contributed by atoms with van der Waals surface area (Å²) in [5.74, 6) is -0.321. The van der Waals surface area contributed by atoms with Gasteiger partial charge in [0.15, 0.2) is 0 Å². The average molecular weight is 549 g/mol. The van der Waals surface area contributed by atoms with Gasteiger partial charge in [-0.1, -0.05) is 110 Å². The quantitative estimate of drug-likeness (QED) is 0.0880. The Kier molecular flexibility index (Phi) is 23.7. The van der Waals surface area contributed by atoms with Crippen LogP contribution in [0.3, 0.4) is 0 Å². The minimum atomic E-state index is -0.621. The lowest BCUT2D eigenvalue weighted by Gasteiger charge is -2.18. The number of nitrogens with one attached hydrogen (secondary N) is 4. The van der Waals surface area contributed by atoms with Gasteiger partial charge in [0.25, 0.3) is 0 Å². The number of nitrogens with zero attached hydrogens (tertiary/aromatic N) is 1. The number of hydrogen-bond donors (Lipinski definition) is 5. The molecule has 0 spiro atoms. The van der Waals surface area contributed by atoms with Crippen molar-refractivity contribution in [2.75, 3.05) is 26.2 Å². The van der Waals surface area contributed by atoms with Crippen LogP contribution in [-0.4, -0.2) is 54.0 Å². The molecule has 0 bridgehead atoms. The minimum Gasteiger partial charge on any atom is -0.354 e. The number of unbranched alkanes of at least 4 members (excludes halogenated alkanes) is 17. The number of aromatic nitrogens is 2. The van der Waals surface area contributed by atoms with Crippen LogP contribution in [0, 0.1) is 0 Å². The number of amides is 2. The van der Waals surface area contributed by atoms with Crippen LogP contribution in [0.2, 0.25) is 0 Å². The van der Waals surface area contributed by atoms with Crippen molar-refractivity contribution >= 4 is 11.8 Å². The van der Waals surface area contributed by atoms with E-state index in [2.05, 4.69) is 32.8 Å². The molecule has 8 nitrogen and oxygen atoms in total. The fourth-order valence-electron chi connectivity index (χ4n) is 4.85. The van der Waals surface area contributed by atoms with Crippen LogP contribution < -0.4 is 21.7 Å². The number of rotatable bonds is 28. The summed E-state index contributed by atoms with van der Waals surface area (Å²) in [6, 6.07) is -0.621. The van der Waals surface area contributed by atoms with Crippen molar-refractivity contribution in [3.05, 3.63) is 18.2 Å².